The van der Waals surface area contributed by atoms with Gasteiger partial charge in [0.25, 0.3) is 0 Å². The molecule has 1 heterocycles. The summed E-state index contributed by atoms with van der Waals surface area (Å²) >= 11 is 0. The summed E-state index contributed by atoms with van der Waals surface area (Å²) in [5.74, 6) is 0. The summed E-state index contributed by atoms with van der Waals surface area (Å²) in [7, 11) is -3.92. The Morgan fingerprint density at radius 2 is 1.27 bits per heavy atom. The van der Waals surface area contributed by atoms with Gasteiger partial charge in [0.1, 0.15) is 0 Å². The molecule has 5 heteroatoms. The van der Waals surface area contributed by atoms with Crippen LogP contribution in [0.1, 0.15) is 78.1 Å². The first kappa shape index (κ1) is 21.9. The van der Waals surface area contributed by atoms with Gasteiger partial charge in [-0.25, -0.2) is 8.42 Å². The fraction of sp³-hybridized carbons (Fsp3) is 1.00. The normalized spacial score (nSPS) is 17.1. The summed E-state index contributed by atoms with van der Waals surface area (Å²) in [5, 5.41) is 0. The molecular formula is C17H37NO3S. The van der Waals surface area contributed by atoms with Gasteiger partial charge in [-0.15, -0.1) is 0 Å². The van der Waals surface area contributed by atoms with Crippen molar-refractivity contribution in [3.63, 3.8) is 0 Å². The Balaban J connectivity index is 0.000000763. The van der Waals surface area contributed by atoms with Crippen LogP contribution >= 0.6 is 0 Å². The molecule has 0 atom stereocenters. The minimum Gasteiger partial charge on any atom is -0.748 e. The zero-order valence-corrected chi connectivity index (χ0v) is 15.8. The molecule has 1 rings (SSSR count). The monoisotopic (exact) mass is 335 g/mol. The van der Waals surface area contributed by atoms with E-state index < -0.39 is 10.1 Å². The van der Waals surface area contributed by atoms with Crippen molar-refractivity contribution >= 4 is 10.1 Å². The quantitative estimate of drug-likeness (QED) is 0.345. The van der Waals surface area contributed by atoms with Crippen LogP contribution in [0, 0.1) is 0 Å². The van der Waals surface area contributed by atoms with Gasteiger partial charge < -0.3 is 9.04 Å². The number of quaternary nitrogens is 1. The molecule has 0 aliphatic carbocycles. The Hall–Kier alpha value is -0.130. The summed E-state index contributed by atoms with van der Waals surface area (Å²) in [5.41, 5.74) is 0. The molecule has 22 heavy (non-hydrogen) atoms. The molecule has 0 unspecified atom stereocenters. The second-order valence-corrected chi connectivity index (χ2v) is 8.18. The topological polar surface area (TPSA) is 57.2 Å². The molecule has 0 aromatic rings. The third-order valence-electron chi connectivity index (χ3n) is 4.45. The average Bonchev–Trinajstić information content (AvgIpc) is 2.85. The Bertz CT molecular complexity index is 341. The molecule has 0 N–H and O–H groups in total. The van der Waals surface area contributed by atoms with E-state index in [0.717, 1.165) is 0 Å². The molecule has 1 aliphatic rings. The van der Waals surface area contributed by atoms with Gasteiger partial charge >= 0.3 is 0 Å². The fourth-order valence-corrected chi connectivity index (χ4v) is 3.44. The van der Waals surface area contributed by atoms with Crippen molar-refractivity contribution in [3.05, 3.63) is 0 Å². The van der Waals surface area contributed by atoms with Gasteiger partial charge in [-0.05, 0) is 19.3 Å². The van der Waals surface area contributed by atoms with E-state index in [0.29, 0.717) is 6.26 Å². The maximum atomic E-state index is 9.08. The van der Waals surface area contributed by atoms with Gasteiger partial charge in [0.2, 0.25) is 0 Å². The predicted octanol–water partition coefficient (Wildman–Crippen LogP) is 3.92. The SMILES string of the molecule is CCCCCCCCC[N+]1(CCC)CCCC1.CS(=O)(=O)[O-]. The highest BCUT2D eigenvalue weighted by molar-refractivity contribution is 7.84. The van der Waals surface area contributed by atoms with Crippen LogP contribution in [-0.2, 0) is 10.1 Å². The van der Waals surface area contributed by atoms with E-state index in [1.165, 1.54) is 94.9 Å². The standard InChI is InChI=1S/C16H34N.CH4O3S/c1-3-5-6-7-8-9-10-14-17(13-4-2)15-11-12-16-17;1-5(2,3)4/h3-16H2,1-2H3;1H3,(H,2,3,4)/q+1;/p-1. The molecule has 0 spiro atoms. The predicted molar refractivity (Wildman–Crippen MR) is 92.9 cm³/mol. The summed E-state index contributed by atoms with van der Waals surface area (Å²) in [4.78, 5) is 0. The van der Waals surface area contributed by atoms with Crippen molar-refractivity contribution in [2.75, 3.05) is 32.4 Å². The fourth-order valence-electron chi connectivity index (χ4n) is 3.44. The summed E-state index contributed by atoms with van der Waals surface area (Å²) in [6, 6.07) is 0. The lowest BCUT2D eigenvalue weighted by Gasteiger charge is -2.34. The molecule has 0 radical (unpaired) electrons. The van der Waals surface area contributed by atoms with Crippen LogP contribution < -0.4 is 0 Å². The Morgan fingerprint density at radius 1 is 0.818 bits per heavy atom. The zero-order chi connectivity index (χ0) is 16.9. The second-order valence-electron chi connectivity index (χ2n) is 6.77. The van der Waals surface area contributed by atoms with E-state index in [-0.39, 0.29) is 0 Å². The van der Waals surface area contributed by atoms with E-state index in [9.17, 15) is 0 Å². The maximum absolute atomic E-state index is 9.08. The Kier molecular flexibility index (Phi) is 12.2. The van der Waals surface area contributed by atoms with E-state index in [1.54, 1.807) is 0 Å². The number of hydrogen-bond donors (Lipinski definition) is 0. The second kappa shape index (κ2) is 12.3. The summed E-state index contributed by atoms with van der Waals surface area (Å²) in [6.45, 7) is 10.5. The highest BCUT2D eigenvalue weighted by atomic mass is 32.2. The van der Waals surface area contributed by atoms with Crippen molar-refractivity contribution in [2.24, 2.45) is 0 Å². The largest absolute Gasteiger partial charge is 0.748 e. The lowest BCUT2D eigenvalue weighted by molar-refractivity contribution is -0.917. The molecule has 0 amide bonds. The van der Waals surface area contributed by atoms with E-state index in [2.05, 4.69) is 13.8 Å². The lowest BCUT2D eigenvalue weighted by atomic mass is 10.1. The minimum atomic E-state index is -3.92. The molecule has 0 bridgehead atoms. The van der Waals surface area contributed by atoms with Gasteiger partial charge in [-0.3, -0.25) is 0 Å². The average molecular weight is 336 g/mol. The van der Waals surface area contributed by atoms with E-state index in [1.807, 2.05) is 0 Å². The van der Waals surface area contributed by atoms with Crippen LogP contribution in [0.2, 0.25) is 0 Å². The van der Waals surface area contributed by atoms with Crippen molar-refractivity contribution in [3.8, 4) is 0 Å². The number of nitrogens with zero attached hydrogens (tertiary/aromatic N) is 1. The molecule has 0 saturated carbocycles. The molecule has 1 fully saturated rings. The highest BCUT2D eigenvalue weighted by Crippen LogP contribution is 2.21. The smallest absolute Gasteiger partial charge is 0.0916 e. The molecule has 0 aromatic carbocycles. The highest BCUT2D eigenvalue weighted by Gasteiger charge is 2.29. The Labute approximate surface area is 138 Å². The van der Waals surface area contributed by atoms with E-state index in [4.69, 9.17) is 13.0 Å². The summed E-state index contributed by atoms with van der Waals surface area (Å²) < 4.78 is 28.7. The maximum Gasteiger partial charge on any atom is 0.0916 e. The first-order valence-electron chi connectivity index (χ1n) is 9.09. The zero-order valence-electron chi connectivity index (χ0n) is 15.0. The van der Waals surface area contributed by atoms with Crippen LogP contribution in [-0.4, -0.2) is 49.9 Å². The van der Waals surface area contributed by atoms with Gasteiger partial charge in [0.15, 0.2) is 0 Å². The molecular weight excluding hydrogens is 298 g/mol. The number of likely N-dealkylation sites (tertiary alicyclic amines) is 1. The van der Waals surface area contributed by atoms with Crippen LogP contribution in [0.5, 0.6) is 0 Å². The number of unbranched alkanes of at least 4 members (excludes halogenated alkanes) is 6. The third-order valence-corrected chi connectivity index (χ3v) is 4.45. The minimum absolute atomic E-state index is 0.604. The molecule has 1 saturated heterocycles. The first-order chi connectivity index (χ1) is 10.3. The molecule has 4 nitrogen and oxygen atoms in total. The van der Waals surface area contributed by atoms with Crippen LogP contribution in [0.25, 0.3) is 0 Å². The third kappa shape index (κ3) is 13.5. The van der Waals surface area contributed by atoms with Crippen molar-refractivity contribution in [1.82, 2.24) is 0 Å². The molecule has 1 aliphatic heterocycles. The van der Waals surface area contributed by atoms with Crippen LogP contribution in [0.4, 0.5) is 0 Å². The molecule has 0 aromatic heterocycles. The van der Waals surface area contributed by atoms with Crippen LogP contribution in [0.3, 0.4) is 0 Å². The van der Waals surface area contributed by atoms with Crippen molar-refractivity contribution in [2.45, 2.75) is 78.1 Å². The first-order valence-corrected chi connectivity index (χ1v) is 10.9. The van der Waals surface area contributed by atoms with Crippen molar-refractivity contribution in [1.29, 1.82) is 0 Å². The molecule has 134 valence electrons. The number of rotatable bonds is 10. The van der Waals surface area contributed by atoms with Crippen LogP contribution in [0.15, 0.2) is 0 Å². The number of hydrogen-bond acceptors (Lipinski definition) is 3. The summed E-state index contributed by atoms with van der Waals surface area (Å²) in [6.07, 6.45) is 15.1. The Morgan fingerprint density at radius 3 is 1.73 bits per heavy atom. The van der Waals surface area contributed by atoms with Gasteiger partial charge in [-0.1, -0.05) is 46.0 Å². The van der Waals surface area contributed by atoms with E-state index >= 15 is 0 Å². The van der Waals surface area contributed by atoms with Crippen molar-refractivity contribution < 1.29 is 17.5 Å². The van der Waals surface area contributed by atoms with Gasteiger partial charge in [0.05, 0.1) is 36.3 Å². The van der Waals surface area contributed by atoms with Gasteiger partial charge in [-0.2, -0.15) is 0 Å². The van der Waals surface area contributed by atoms with Gasteiger partial charge in [0, 0.05) is 19.1 Å². The lowest BCUT2D eigenvalue weighted by Crippen LogP contribution is -2.46.